The quantitative estimate of drug-likeness (QED) is 0.819. The fraction of sp³-hybridized carbons (Fsp3) is 0.588. The third kappa shape index (κ3) is 2.91. The predicted molar refractivity (Wildman–Crippen MR) is 80.5 cm³/mol. The summed E-state index contributed by atoms with van der Waals surface area (Å²) < 4.78 is 10.4. The molecule has 0 radical (unpaired) electrons. The molecule has 1 aromatic carbocycles. The molecule has 2 rings (SSSR count). The summed E-state index contributed by atoms with van der Waals surface area (Å²) in [6, 6.07) is 5.88. The van der Waals surface area contributed by atoms with Crippen LogP contribution in [0.15, 0.2) is 18.2 Å². The number of benzene rings is 1. The van der Waals surface area contributed by atoms with Crippen LogP contribution >= 0.6 is 0 Å². The highest BCUT2D eigenvalue weighted by atomic mass is 16.5. The molecule has 1 N–H and O–H groups in total. The summed E-state index contributed by atoms with van der Waals surface area (Å²) in [6.07, 6.45) is 2.77. The summed E-state index contributed by atoms with van der Waals surface area (Å²) in [7, 11) is 1.62. The van der Waals surface area contributed by atoms with Crippen molar-refractivity contribution in [3.63, 3.8) is 0 Å². The van der Waals surface area contributed by atoms with Crippen molar-refractivity contribution in [3.05, 3.63) is 29.3 Å². The van der Waals surface area contributed by atoms with Gasteiger partial charge in [0.2, 0.25) is 0 Å². The number of hydrogen-bond donors (Lipinski definition) is 1. The predicted octanol–water partition coefficient (Wildman–Crippen LogP) is 2.82. The molecule has 116 valence electrons. The SMILES string of the molecule is CCCC(O)(C(=O)OCC)C1CCc2ccc(OC)cc21. The summed E-state index contributed by atoms with van der Waals surface area (Å²) in [4.78, 5) is 12.3. The summed E-state index contributed by atoms with van der Waals surface area (Å²) in [5.74, 6) is 0.0254. The molecule has 2 atom stereocenters. The third-order valence-corrected chi connectivity index (χ3v) is 4.27. The van der Waals surface area contributed by atoms with Gasteiger partial charge in [0.1, 0.15) is 5.75 Å². The second kappa shape index (κ2) is 6.48. The molecule has 0 fully saturated rings. The average molecular weight is 292 g/mol. The van der Waals surface area contributed by atoms with Crippen LogP contribution < -0.4 is 4.74 Å². The maximum absolute atomic E-state index is 12.3. The van der Waals surface area contributed by atoms with Gasteiger partial charge < -0.3 is 14.6 Å². The lowest BCUT2D eigenvalue weighted by Gasteiger charge is -2.32. The minimum Gasteiger partial charge on any atom is -0.497 e. The minimum absolute atomic E-state index is 0.221. The van der Waals surface area contributed by atoms with Crippen molar-refractivity contribution in [2.24, 2.45) is 0 Å². The van der Waals surface area contributed by atoms with Crippen LogP contribution in [-0.4, -0.2) is 30.4 Å². The zero-order chi connectivity index (χ0) is 15.5. The van der Waals surface area contributed by atoms with Gasteiger partial charge in [-0.15, -0.1) is 0 Å². The van der Waals surface area contributed by atoms with Crippen molar-refractivity contribution in [3.8, 4) is 5.75 Å². The van der Waals surface area contributed by atoms with Gasteiger partial charge in [-0.25, -0.2) is 4.79 Å². The van der Waals surface area contributed by atoms with Gasteiger partial charge in [-0.05, 0) is 49.4 Å². The van der Waals surface area contributed by atoms with Crippen LogP contribution in [0.5, 0.6) is 5.75 Å². The summed E-state index contributed by atoms with van der Waals surface area (Å²) in [5, 5.41) is 11.0. The number of rotatable bonds is 6. The molecule has 0 bridgehead atoms. The minimum atomic E-state index is -1.44. The van der Waals surface area contributed by atoms with E-state index in [1.165, 1.54) is 5.56 Å². The zero-order valence-electron chi connectivity index (χ0n) is 13.0. The van der Waals surface area contributed by atoms with Crippen LogP contribution in [0.3, 0.4) is 0 Å². The molecule has 2 unspecified atom stereocenters. The fourth-order valence-corrected chi connectivity index (χ4v) is 3.26. The Morgan fingerprint density at radius 3 is 2.81 bits per heavy atom. The molecule has 0 heterocycles. The lowest BCUT2D eigenvalue weighted by atomic mass is 9.80. The van der Waals surface area contributed by atoms with Gasteiger partial charge in [-0.3, -0.25) is 0 Å². The first-order valence-electron chi connectivity index (χ1n) is 7.63. The van der Waals surface area contributed by atoms with Crippen molar-refractivity contribution in [2.45, 2.75) is 51.0 Å². The third-order valence-electron chi connectivity index (χ3n) is 4.27. The molecule has 4 nitrogen and oxygen atoms in total. The van der Waals surface area contributed by atoms with Gasteiger partial charge >= 0.3 is 5.97 Å². The highest BCUT2D eigenvalue weighted by Crippen LogP contribution is 2.44. The average Bonchev–Trinajstić information content (AvgIpc) is 2.90. The van der Waals surface area contributed by atoms with Gasteiger partial charge in [0.15, 0.2) is 5.60 Å². The van der Waals surface area contributed by atoms with Gasteiger partial charge in [-0.2, -0.15) is 0 Å². The number of aliphatic hydroxyl groups is 1. The van der Waals surface area contributed by atoms with E-state index in [9.17, 15) is 9.90 Å². The number of carbonyl (C=O) groups excluding carboxylic acids is 1. The van der Waals surface area contributed by atoms with Gasteiger partial charge in [0, 0.05) is 5.92 Å². The van der Waals surface area contributed by atoms with Crippen LogP contribution in [-0.2, 0) is 16.0 Å². The van der Waals surface area contributed by atoms with Crippen LogP contribution in [0.2, 0.25) is 0 Å². The van der Waals surface area contributed by atoms with E-state index < -0.39 is 11.6 Å². The first kappa shape index (κ1) is 15.8. The Bertz CT molecular complexity index is 512. The van der Waals surface area contributed by atoms with Crippen LogP contribution in [0.1, 0.15) is 50.2 Å². The normalized spacial score (nSPS) is 19.7. The molecule has 0 aliphatic heterocycles. The number of aryl methyl sites for hydroxylation is 1. The van der Waals surface area contributed by atoms with Gasteiger partial charge in [-0.1, -0.05) is 19.4 Å². The maximum Gasteiger partial charge on any atom is 0.338 e. The smallest absolute Gasteiger partial charge is 0.338 e. The van der Waals surface area contributed by atoms with Crippen LogP contribution in [0.4, 0.5) is 0 Å². The van der Waals surface area contributed by atoms with Gasteiger partial charge in [0.05, 0.1) is 13.7 Å². The van der Waals surface area contributed by atoms with E-state index >= 15 is 0 Å². The monoisotopic (exact) mass is 292 g/mol. The van der Waals surface area contributed by atoms with Crippen molar-refractivity contribution < 1.29 is 19.4 Å². The topological polar surface area (TPSA) is 55.8 Å². The molecule has 1 aliphatic carbocycles. The Morgan fingerprint density at radius 2 is 2.19 bits per heavy atom. The Kier molecular flexibility index (Phi) is 4.88. The largest absolute Gasteiger partial charge is 0.497 e. The van der Waals surface area contributed by atoms with E-state index in [0.717, 1.165) is 30.6 Å². The van der Waals surface area contributed by atoms with Crippen LogP contribution in [0, 0.1) is 0 Å². The first-order chi connectivity index (χ1) is 10.1. The van der Waals surface area contributed by atoms with Crippen molar-refractivity contribution in [2.75, 3.05) is 13.7 Å². The fourth-order valence-electron chi connectivity index (χ4n) is 3.26. The zero-order valence-corrected chi connectivity index (χ0v) is 13.0. The van der Waals surface area contributed by atoms with E-state index in [2.05, 4.69) is 0 Å². The Hall–Kier alpha value is -1.55. The van der Waals surface area contributed by atoms with E-state index in [4.69, 9.17) is 9.47 Å². The Morgan fingerprint density at radius 1 is 1.43 bits per heavy atom. The van der Waals surface area contributed by atoms with E-state index in [-0.39, 0.29) is 12.5 Å². The highest BCUT2D eigenvalue weighted by molar-refractivity contribution is 5.81. The summed E-state index contributed by atoms with van der Waals surface area (Å²) in [6.45, 7) is 4.00. The lowest BCUT2D eigenvalue weighted by molar-refractivity contribution is -0.168. The number of hydrogen-bond acceptors (Lipinski definition) is 4. The van der Waals surface area contributed by atoms with Crippen molar-refractivity contribution >= 4 is 5.97 Å². The molecule has 0 amide bonds. The molecular formula is C17H24O4. The number of esters is 1. The molecule has 1 aromatic rings. The molecule has 0 spiro atoms. The first-order valence-corrected chi connectivity index (χ1v) is 7.63. The standard InChI is InChI=1S/C17H24O4/c1-4-10-17(19,16(18)21-5-2)15-9-7-12-6-8-13(20-3)11-14(12)15/h6,8,11,15,19H,4-5,7,9-10H2,1-3H3. The number of ether oxygens (including phenoxy) is 2. The second-order valence-electron chi connectivity index (χ2n) is 5.55. The molecule has 4 heteroatoms. The second-order valence-corrected chi connectivity index (χ2v) is 5.55. The Balaban J connectivity index is 2.38. The number of carbonyl (C=O) groups is 1. The molecule has 1 aliphatic rings. The highest BCUT2D eigenvalue weighted by Gasteiger charge is 2.47. The lowest BCUT2D eigenvalue weighted by Crippen LogP contribution is -2.45. The summed E-state index contributed by atoms with van der Waals surface area (Å²) in [5.41, 5.74) is 0.750. The molecule has 0 saturated heterocycles. The molecule has 0 aromatic heterocycles. The van der Waals surface area contributed by atoms with E-state index in [1.54, 1.807) is 14.0 Å². The maximum atomic E-state index is 12.3. The van der Waals surface area contributed by atoms with Crippen molar-refractivity contribution in [1.82, 2.24) is 0 Å². The molecule has 21 heavy (non-hydrogen) atoms. The van der Waals surface area contributed by atoms with Gasteiger partial charge in [0.25, 0.3) is 0 Å². The Labute approximate surface area is 126 Å². The molecular weight excluding hydrogens is 268 g/mol. The number of fused-ring (bicyclic) bond motifs is 1. The van der Waals surface area contributed by atoms with Crippen LogP contribution in [0.25, 0.3) is 0 Å². The summed E-state index contributed by atoms with van der Waals surface area (Å²) >= 11 is 0. The van der Waals surface area contributed by atoms with Crippen molar-refractivity contribution in [1.29, 1.82) is 0 Å². The molecule has 0 saturated carbocycles. The number of methoxy groups -OCH3 is 1. The van der Waals surface area contributed by atoms with E-state index in [0.29, 0.717) is 6.42 Å². The van der Waals surface area contributed by atoms with E-state index in [1.807, 2.05) is 25.1 Å².